The molecule has 1 N–H and O–H groups in total. The average Bonchev–Trinajstić information content (AvgIpc) is 2.13. The van der Waals surface area contributed by atoms with Gasteiger partial charge in [-0.05, 0) is 25.4 Å². The lowest BCUT2D eigenvalue weighted by Gasteiger charge is -2.34. The van der Waals surface area contributed by atoms with E-state index < -0.39 is 12.1 Å². The molecule has 1 aromatic heterocycles. The molecule has 0 aromatic carbocycles. The molecule has 0 unspecified atom stereocenters. The summed E-state index contributed by atoms with van der Waals surface area (Å²) in [4.78, 5) is 9.08. The number of anilines is 1. The monoisotopic (exact) mass is 251 g/mol. The Hall–Kier alpha value is -0.580. The number of aromatic nitrogens is 2. The van der Waals surface area contributed by atoms with Crippen molar-refractivity contribution in [3.63, 3.8) is 0 Å². The fourth-order valence-corrected chi connectivity index (χ4v) is 1.31. The van der Waals surface area contributed by atoms with Crippen molar-refractivity contribution in [3.05, 3.63) is 16.5 Å². The van der Waals surface area contributed by atoms with E-state index in [0.717, 1.165) is 0 Å². The Morgan fingerprint density at radius 3 is 2.60 bits per heavy atom. The van der Waals surface area contributed by atoms with Gasteiger partial charge in [-0.15, -0.1) is 0 Å². The van der Waals surface area contributed by atoms with Crippen LogP contribution in [0.4, 0.5) is 5.82 Å². The lowest BCUT2D eigenvalue weighted by Crippen LogP contribution is -2.44. The van der Waals surface area contributed by atoms with E-state index in [-0.39, 0.29) is 10.4 Å². The molecule has 0 saturated carbocycles. The molecule has 0 fully saturated rings. The maximum Gasteiger partial charge on any atom is 0.225 e. The zero-order valence-electron chi connectivity index (χ0n) is 10.6. The third-order valence-electron chi connectivity index (χ3n) is 2.11. The molecule has 0 aliphatic rings. The fraction of sp³-hybridized carbons (Fsp3) is 0.556. The molecule has 0 aliphatic heterocycles. The minimum atomic E-state index is -2.41. The molecule has 0 radical (unpaired) electrons. The van der Waals surface area contributed by atoms with Gasteiger partial charge in [0, 0.05) is 13.1 Å². The smallest absolute Gasteiger partial charge is 0.225 e. The van der Waals surface area contributed by atoms with Gasteiger partial charge in [0.2, 0.25) is 5.28 Å². The third-order valence-corrected chi connectivity index (χ3v) is 2.47. The first kappa shape index (κ1) is 9.63. The number of aliphatic hydroxyl groups is 1. The largest absolute Gasteiger partial charge is 0.394 e. The second kappa shape index (κ2) is 4.51. The molecule has 1 rings (SSSR count). The van der Waals surface area contributed by atoms with Crippen LogP contribution in [-0.2, 0) is 0 Å². The van der Waals surface area contributed by atoms with Crippen LogP contribution in [0.15, 0.2) is 6.07 Å². The van der Waals surface area contributed by atoms with Gasteiger partial charge in [0.1, 0.15) is 11.0 Å². The van der Waals surface area contributed by atoms with Gasteiger partial charge in [0.05, 0.1) is 14.8 Å². The highest BCUT2D eigenvalue weighted by atomic mass is 35.5. The van der Waals surface area contributed by atoms with E-state index in [4.69, 9.17) is 25.9 Å². The summed E-state index contributed by atoms with van der Waals surface area (Å²) >= 11 is 11.4. The topological polar surface area (TPSA) is 49.2 Å². The van der Waals surface area contributed by atoms with E-state index in [1.54, 1.807) is 7.05 Å². The summed E-state index contributed by atoms with van der Waals surface area (Å²) in [6, 6.07) is 1.45. The second-order valence-electron chi connectivity index (χ2n) is 3.55. The molecule has 84 valence electrons. The molecule has 0 saturated heterocycles. The number of rotatable bonds is 3. The Kier molecular flexibility index (Phi) is 2.90. The quantitative estimate of drug-likeness (QED) is 0.660. The van der Waals surface area contributed by atoms with E-state index in [9.17, 15) is 5.11 Å². The van der Waals surface area contributed by atoms with Crippen LogP contribution in [0.5, 0.6) is 0 Å². The van der Waals surface area contributed by atoms with E-state index >= 15 is 0 Å². The molecule has 4 nitrogen and oxygen atoms in total. The second-order valence-corrected chi connectivity index (χ2v) is 4.27. The SMILES string of the molecule is [2H]C([2H])(O)C(C)(C)N(C)c1cc(Cl)nc(Cl)n1. The van der Waals surface area contributed by atoms with E-state index in [2.05, 4.69) is 9.97 Å². The van der Waals surface area contributed by atoms with Gasteiger partial charge in [-0.2, -0.15) is 0 Å². The van der Waals surface area contributed by atoms with Crippen molar-refractivity contribution < 1.29 is 7.85 Å². The van der Waals surface area contributed by atoms with Gasteiger partial charge >= 0.3 is 0 Å². The Morgan fingerprint density at radius 1 is 1.53 bits per heavy atom. The Labute approximate surface area is 102 Å². The van der Waals surface area contributed by atoms with Crippen molar-refractivity contribution in [2.75, 3.05) is 18.5 Å². The summed E-state index contributed by atoms with van der Waals surface area (Å²) < 4.78 is 14.8. The summed E-state index contributed by atoms with van der Waals surface area (Å²) in [5.74, 6) is 0.331. The van der Waals surface area contributed by atoms with Gasteiger partial charge < -0.3 is 10.0 Å². The first-order valence-corrected chi connectivity index (χ1v) is 4.97. The fourth-order valence-electron chi connectivity index (χ4n) is 0.912. The number of hydrogen-bond acceptors (Lipinski definition) is 4. The van der Waals surface area contributed by atoms with Gasteiger partial charge in [0.25, 0.3) is 0 Å². The van der Waals surface area contributed by atoms with Crippen LogP contribution in [0.1, 0.15) is 16.6 Å². The maximum atomic E-state index is 9.50. The molecule has 6 heteroatoms. The van der Waals surface area contributed by atoms with Gasteiger partial charge in [-0.1, -0.05) is 11.6 Å². The highest BCUT2D eigenvalue weighted by molar-refractivity contribution is 6.32. The Bertz CT molecular complexity index is 403. The molecule has 1 aromatic rings. The van der Waals surface area contributed by atoms with Crippen LogP contribution < -0.4 is 4.90 Å². The lowest BCUT2D eigenvalue weighted by molar-refractivity contribution is 0.215. The molecular weight excluding hydrogens is 237 g/mol. The first-order chi connectivity index (χ1) is 7.55. The molecule has 0 amide bonds. The number of hydrogen-bond donors (Lipinski definition) is 1. The van der Waals surface area contributed by atoms with E-state index in [1.165, 1.54) is 24.8 Å². The number of likely N-dealkylation sites (N-methyl/N-ethyl adjacent to an activating group) is 1. The predicted molar refractivity (Wildman–Crippen MR) is 61.6 cm³/mol. The highest BCUT2D eigenvalue weighted by Crippen LogP contribution is 2.23. The van der Waals surface area contributed by atoms with Crippen molar-refractivity contribution in [1.82, 2.24) is 9.97 Å². The lowest BCUT2D eigenvalue weighted by atomic mass is 10.1. The molecule has 0 bridgehead atoms. The Morgan fingerprint density at radius 2 is 2.13 bits per heavy atom. The van der Waals surface area contributed by atoms with Gasteiger partial charge in [0.15, 0.2) is 0 Å². The summed E-state index contributed by atoms with van der Waals surface area (Å²) in [6.07, 6.45) is 0. The van der Waals surface area contributed by atoms with Crippen molar-refractivity contribution in [1.29, 1.82) is 0 Å². The minimum Gasteiger partial charge on any atom is -0.394 e. The van der Waals surface area contributed by atoms with Crippen molar-refractivity contribution in [3.8, 4) is 0 Å². The normalized spacial score (nSPS) is 14.5. The summed E-state index contributed by atoms with van der Waals surface area (Å²) in [5, 5.41) is 9.62. The molecule has 1 heterocycles. The van der Waals surface area contributed by atoms with Gasteiger partial charge in [-0.25, -0.2) is 9.97 Å². The van der Waals surface area contributed by atoms with Crippen LogP contribution in [0.3, 0.4) is 0 Å². The summed E-state index contributed by atoms with van der Waals surface area (Å²) in [5.41, 5.74) is -1.20. The van der Waals surface area contributed by atoms with Crippen LogP contribution in [0.2, 0.25) is 10.4 Å². The molecule has 15 heavy (non-hydrogen) atoms. The first-order valence-electron chi connectivity index (χ1n) is 5.22. The van der Waals surface area contributed by atoms with E-state index in [0.29, 0.717) is 5.82 Å². The van der Waals surface area contributed by atoms with Crippen LogP contribution in [-0.4, -0.2) is 34.2 Å². The third kappa shape index (κ3) is 2.93. The van der Waals surface area contributed by atoms with E-state index in [1.807, 2.05) is 0 Å². The summed E-state index contributed by atoms with van der Waals surface area (Å²) in [7, 11) is 1.59. The van der Waals surface area contributed by atoms with Crippen molar-refractivity contribution >= 4 is 29.0 Å². The van der Waals surface area contributed by atoms with Crippen LogP contribution >= 0.6 is 23.2 Å². The standard InChI is InChI=1S/C9H13Cl2N3O/c1-9(2,5-15)14(3)7-4-6(10)12-8(11)13-7/h4,15H,5H2,1-3H3/i5D2. The average molecular weight is 252 g/mol. The van der Waals surface area contributed by atoms with Gasteiger partial charge in [-0.3, -0.25) is 0 Å². The zero-order valence-corrected chi connectivity index (χ0v) is 10.1. The van der Waals surface area contributed by atoms with Crippen LogP contribution in [0, 0.1) is 0 Å². The zero-order chi connectivity index (χ0) is 13.4. The highest BCUT2D eigenvalue weighted by Gasteiger charge is 2.24. The number of nitrogens with zero attached hydrogens (tertiary/aromatic N) is 3. The molecule has 0 atom stereocenters. The Balaban J connectivity index is 3.16. The maximum absolute atomic E-state index is 9.50. The molecular formula is C9H13Cl2N3O. The van der Waals surface area contributed by atoms with Crippen LogP contribution in [0.25, 0.3) is 0 Å². The number of halogens is 2. The van der Waals surface area contributed by atoms with Crippen molar-refractivity contribution in [2.45, 2.75) is 19.4 Å². The minimum absolute atomic E-state index is 0.0337. The summed E-state index contributed by atoms with van der Waals surface area (Å²) in [6.45, 7) is 0.666. The molecule has 0 aliphatic carbocycles. The van der Waals surface area contributed by atoms with Crippen molar-refractivity contribution in [2.24, 2.45) is 0 Å². The predicted octanol–water partition coefficient (Wildman–Crippen LogP) is 1.99. The molecule has 0 spiro atoms.